The van der Waals surface area contributed by atoms with Crippen LogP contribution in [0.15, 0.2) is 53.6 Å². The van der Waals surface area contributed by atoms with Crippen molar-refractivity contribution >= 4 is 22.7 Å². The first-order valence-electron chi connectivity index (χ1n) is 7.76. The minimum absolute atomic E-state index is 0.201. The monoisotopic (exact) mass is 354 g/mol. The van der Waals surface area contributed by atoms with Gasteiger partial charge < -0.3 is 0 Å². The maximum atomic E-state index is 13.5. The number of rotatable bonds is 3. The Kier molecular flexibility index (Phi) is 4.74. The lowest BCUT2D eigenvalue weighted by atomic mass is 10.1. The van der Waals surface area contributed by atoms with E-state index in [1.165, 1.54) is 24.5 Å². The van der Waals surface area contributed by atoms with Crippen molar-refractivity contribution in [1.29, 1.82) is 0 Å². The normalized spacial score (nSPS) is 10.5. The molecule has 3 rings (SSSR count). The molecule has 2 N–H and O–H groups in total. The van der Waals surface area contributed by atoms with Gasteiger partial charge in [0.05, 0.1) is 22.8 Å². The number of hydrogen-bond donors (Lipinski definition) is 2. The van der Waals surface area contributed by atoms with Crippen molar-refractivity contribution in [3.05, 3.63) is 76.1 Å². The molecule has 7 nitrogen and oxygen atoms in total. The summed E-state index contributed by atoms with van der Waals surface area (Å²) in [4.78, 5) is 40.5. The number of amides is 2. The largest absolute Gasteiger partial charge is 0.289 e. The molecule has 3 aromatic rings. The van der Waals surface area contributed by atoms with Crippen LogP contribution in [0.3, 0.4) is 0 Å². The van der Waals surface area contributed by atoms with Crippen molar-refractivity contribution in [2.24, 2.45) is 0 Å². The van der Waals surface area contributed by atoms with E-state index < -0.39 is 17.6 Å². The number of nitrogens with zero attached hydrogens (tertiary/aromatic N) is 2. The van der Waals surface area contributed by atoms with E-state index in [0.29, 0.717) is 10.9 Å². The zero-order valence-electron chi connectivity index (χ0n) is 13.8. The van der Waals surface area contributed by atoms with Crippen molar-refractivity contribution in [3.8, 4) is 0 Å². The summed E-state index contributed by atoms with van der Waals surface area (Å²) in [5.41, 5.74) is 5.12. The molecule has 8 heteroatoms. The van der Waals surface area contributed by atoms with Crippen molar-refractivity contribution in [2.75, 3.05) is 0 Å². The standard InChI is InChI=1S/C18H15FN4O3/c1-11-5-4-7-13-16(11)20-10-23(18(13)26)9-15(24)21-22-17(25)12-6-2-3-8-14(12)19/h2-8,10H,9H2,1H3,(H,21,24)(H,22,25). The van der Waals surface area contributed by atoms with Gasteiger partial charge in [0, 0.05) is 0 Å². The van der Waals surface area contributed by atoms with E-state index in [2.05, 4.69) is 15.8 Å². The molecule has 0 spiro atoms. The molecule has 0 aliphatic rings. The molecule has 2 amide bonds. The van der Waals surface area contributed by atoms with E-state index in [4.69, 9.17) is 0 Å². The van der Waals surface area contributed by atoms with Crippen LogP contribution in [0.1, 0.15) is 15.9 Å². The zero-order valence-corrected chi connectivity index (χ0v) is 13.8. The predicted octanol–water partition coefficient (Wildman–Crippen LogP) is 1.31. The Morgan fingerprint density at radius 1 is 1.12 bits per heavy atom. The minimum atomic E-state index is -0.795. The summed E-state index contributed by atoms with van der Waals surface area (Å²) in [6, 6.07) is 10.6. The lowest BCUT2D eigenvalue weighted by molar-refractivity contribution is -0.122. The second-order valence-electron chi connectivity index (χ2n) is 5.63. The molecular weight excluding hydrogens is 339 g/mol. The van der Waals surface area contributed by atoms with E-state index in [-0.39, 0.29) is 17.7 Å². The number of hydrazine groups is 1. The molecule has 2 aromatic carbocycles. The average Bonchev–Trinajstić information content (AvgIpc) is 2.63. The number of para-hydroxylation sites is 1. The fraction of sp³-hybridized carbons (Fsp3) is 0.111. The highest BCUT2D eigenvalue weighted by Gasteiger charge is 2.13. The topological polar surface area (TPSA) is 93.1 Å². The molecule has 0 aliphatic carbocycles. The molecule has 0 saturated carbocycles. The minimum Gasteiger partial charge on any atom is -0.289 e. The van der Waals surface area contributed by atoms with Gasteiger partial charge in [-0.3, -0.25) is 29.8 Å². The Morgan fingerprint density at radius 3 is 2.65 bits per heavy atom. The third-order valence-corrected chi connectivity index (χ3v) is 3.80. The first-order chi connectivity index (χ1) is 12.5. The summed E-state index contributed by atoms with van der Waals surface area (Å²) in [6.45, 7) is 1.50. The molecule has 0 unspecified atom stereocenters. The smallest absolute Gasteiger partial charge is 0.272 e. The van der Waals surface area contributed by atoms with E-state index in [1.54, 1.807) is 12.1 Å². The van der Waals surface area contributed by atoms with Gasteiger partial charge in [-0.2, -0.15) is 0 Å². The second kappa shape index (κ2) is 7.14. The molecule has 26 heavy (non-hydrogen) atoms. The summed E-state index contributed by atoms with van der Waals surface area (Å²) < 4.78 is 14.6. The van der Waals surface area contributed by atoms with Crippen LogP contribution >= 0.6 is 0 Å². The van der Waals surface area contributed by atoms with Crippen molar-refractivity contribution in [3.63, 3.8) is 0 Å². The third kappa shape index (κ3) is 3.44. The number of carbonyl (C=O) groups is 2. The highest BCUT2D eigenvalue weighted by Crippen LogP contribution is 2.11. The number of fused-ring (bicyclic) bond motifs is 1. The fourth-order valence-electron chi connectivity index (χ4n) is 2.48. The highest BCUT2D eigenvalue weighted by atomic mass is 19.1. The first kappa shape index (κ1) is 17.3. The Labute approximate surface area is 147 Å². The number of aromatic nitrogens is 2. The summed E-state index contributed by atoms with van der Waals surface area (Å²) in [6.07, 6.45) is 1.27. The van der Waals surface area contributed by atoms with Gasteiger partial charge in [-0.15, -0.1) is 0 Å². The van der Waals surface area contributed by atoms with Crippen LogP contribution in [0, 0.1) is 12.7 Å². The summed E-state index contributed by atoms with van der Waals surface area (Å²) in [7, 11) is 0. The molecule has 0 bridgehead atoms. The number of carbonyl (C=O) groups excluding carboxylic acids is 2. The third-order valence-electron chi connectivity index (χ3n) is 3.80. The van der Waals surface area contributed by atoms with Crippen molar-refractivity contribution < 1.29 is 14.0 Å². The molecule has 1 aromatic heterocycles. The lowest BCUT2D eigenvalue weighted by Crippen LogP contribution is -2.44. The SMILES string of the molecule is Cc1cccc2c(=O)n(CC(=O)NNC(=O)c3ccccc3F)cnc12. The second-order valence-corrected chi connectivity index (χ2v) is 5.63. The zero-order chi connectivity index (χ0) is 18.7. The molecule has 132 valence electrons. The van der Waals surface area contributed by atoms with E-state index >= 15 is 0 Å². The van der Waals surface area contributed by atoms with Gasteiger partial charge in [0.25, 0.3) is 17.4 Å². The quantitative estimate of drug-likeness (QED) is 0.694. The fourth-order valence-corrected chi connectivity index (χ4v) is 2.48. The number of benzene rings is 2. The van der Waals surface area contributed by atoms with Gasteiger partial charge in [0.15, 0.2) is 0 Å². The molecule has 0 atom stereocenters. The van der Waals surface area contributed by atoms with Crippen LogP contribution in [0.25, 0.3) is 10.9 Å². The van der Waals surface area contributed by atoms with Crippen LogP contribution < -0.4 is 16.4 Å². The van der Waals surface area contributed by atoms with E-state index in [0.717, 1.165) is 16.2 Å². The summed E-state index contributed by atoms with van der Waals surface area (Å²) >= 11 is 0. The molecule has 1 heterocycles. The van der Waals surface area contributed by atoms with Gasteiger partial charge >= 0.3 is 0 Å². The highest BCUT2D eigenvalue weighted by molar-refractivity contribution is 5.95. The van der Waals surface area contributed by atoms with E-state index in [9.17, 15) is 18.8 Å². The number of aryl methyl sites for hydroxylation is 1. The van der Waals surface area contributed by atoms with E-state index in [1.807, 2.05) is 13.0 Å². The van der Waals surface area contributed by atoms with Gasteiger partial charge in [-0.25, -0.2) is 9.37 Å². The molecule has 0 saturated heterocycles. The van der Waals surface area contributed by atoms with Crippen LogP contribution in [0.4, 0.5) is 4.39 Å². The lowest BCUT2D eigenvalue weighted by Gasteiger charge is -2.10. The van der Waals surface area contributed by atoms with Gasteiger partial charge in [0.1, 0.15) is 12.4 Å². The summed E-state index contributed by atoms with van der Waals surface area (Å²) in [5, 5.41) is 0.399. The van der Waals surface area contributed by atoms with Crippen LogP contribution in [-0.2, 0) is 11.3 Å². The van der Waals surface area contributed by atoms with Crippen LogP contribution in [0.2, 0.25) is 0 Å². The van der Waals surface area contributed by atoms with Gasteiger partial charge in [-0.05, 0) is 30.7 Å². The summed E-state index contributed by atoms with van der Waals surface area (Å²) in [5.74, 6) is -2.15. The Hall–Kier alpha value is -3.55. The Bertz CT molecular complexity index is 1060. The van der Waals surface area contributed by atoms with Crippen LogP contribution in [-0.4, -0.2) is 21.4 Å². The average molecular weight is 354 g/mol. The molecular formula is C18H15FN4O3. The molecule has 0 aliphatic heterocycles. The Balaban J connectivity index is 1.70. The van der Waals surface area contributed by atoms with Crippen molar-refractivity contribution in [1.82, 2.24) is 20.4 Å². The van der Waals surface area contributed by atoms with Gasteiger partial charge in [-0.1, -0.05) is 24.3 Å². The van der Waals surface area contributed by atoms with Crippen LogP contribution in [0.5, 0.6) is 0 Å². The molecule has 0 radical (unpaired) electrons. The van der Waals surface area contributed by atoms with Gasteiger partial charge in [0.2, 0.25) is 0 Å². The maximum absolute atomic E-state index is 13.5. The number of halogens is 1. The first-order valence-corrected chi connectivity index (χ1v) is 7.76. The Morgan fingerprint density at radius 2 is 1.88 bits per heavy atom. The van der Waals surface area contributed by atoms with Crippen molar-refractivity contribution in [2.45, 2.75) is 13.5 Å². The predicted molar refractivity (Wildman–Crippen MR) is 92.7 cm³/mol. The number of nitrogens with one attached hydrogen (secondary N) is 2. The number of hydrogen-bond acceptors (Lipinski definition) is 4. The maximum Gasteiger partial charge on any atom is 0.272 e. The molecule has 0 fully saturated rings.